The van der Waals surface area contributed by atoms with E-state index in [1.807, 2.05) is 107 Å². The van der Waals surface area contributed by atoms with Gasteiger partial charge in [-0.2, -0.15) is 15.2 Å². The van der Waals surface area contributed by atoms with Crippen LogP contribution in [0.1, 0.15) is 62.9 Å². The maximum atomic E-state index is 13.6. The number of aromatic nitrogens is 7. The average Bonchev–Trinajstić information content (AvgIpc) is 4.08. The highest BCUT2D eigenvalue weighted by Gasteiger charge is 2.68. The van der Waals surface area contributed by atoms with Crippen molar-refractivity contribution in [2.45, 2.75) is 82.7 Å². The zero-order valence-electron chi connectivity index (χ0n) is 40.1. The molecule has 1 unspecified atom stereocenters. The molecule has 6 aromatic rings. The summed E-state index contributed by atoms with van der Waals surface area (Å²) >= 11 is 0. The summed E-state index contributed by atoms with van der Waals surface area (Å²) < 4.78 is 46.2. The number of nitrogens with zero attached hydrogens (tertiary/aromatic N) is 11. The Morgan fingerprint density at radius 2 is 1.62 bits per heavy atom. The van der Waals surface area contributed by atoms with Crippen LogP contribution in [0.2, 0.25) is 0 Å². The summed E-state index contributed by atoms with van der Waals surface area (Å²) in [6.07, 6.45) is 1.57. The second kappa shape index (κ2) is 20.1. The summed E-state index contributed by atoms with van der Waals surface area (Å²) in [6.45, 7) is 10.6. The van der Waals surface area contributed by atoms with Gasteiger partial charge in [0, 0.05) is 33.2 Å². The van der Waals surface area contributed by atoms with Gasteiger partial charge in [0.25, 0.3) is 14.1 Å². The van der Waals surface area contributed by atoms with Gasteiger partial charge in [0.1, 0.15) is 40.7 Å². The molecule has 2 aliphatic heterocycles. The number of methoxy groups -OCH3 is 2. The smallest absolute Gasteiger partial charge is 0.280 e. The van der Waals surface area contributed by atoms with Crippen LogP contribution >= 0.6 is 8.53 Å². The molecule has 3 aromatic heterocycles. The van der Waals surface area contributed by atoms with Crippen LogP contribution in [0.25, 0.3) is 11.2 Å². The summed E-state index contributed by atoms with van der Waals surface area (Å²) in [5, 5.41) is 14.6. The summed E-state index contributed by atoms with van der Waals surface area (Å²) in [7, 11) is 6.92. The van der Waals surface area contributed by atoms with Crippen LogP contribution in [0.5, 0.6) is 11.5 Å². The Morgan fingerprint density at radius 1 is 0.985 bits per heavy atom. The van der Waals surface area contributed by atoms with Crippen LogP contribution in [0.3, 0.4) is 0 Å². The van der Waals surface area contributed by atoms with Crippen molar-refractivity contribution < 1.29 is 28.0 Å². The lowest BCUT2D eigenvalue weighted by Gasteiger charge is -2.42. The molecule has 358 valence electrons. The Balaban J connectivity index is 1.35. The number of nitrogens with one attached hydrogen (secondary N) is 1. The van der Waals surface area contributed by atoms with E-state index >= 15 is 0 Å². The van der Waals surface area contributed by atoms with Crippen molar-refractivity contribution in [2.75, 3.05) is 53.0 Å². The van der Waals surface area contributed by atoms with Crippen molar-refractivity contribution in [1.82, 2.24) is 43.9 Å². The van der Waals surface area contributed by atoms with Crippen molar-refractivity contribution in [1.29, 1.82) is 5.26 Å². The molecule has 0 radical (unpaired) electrons. The molecule has 2 bridgehead atoms. The molecule has 5 atom stereocenters. The van der Waals surface area contributed by atoms with Crippen molar-refractivity contribution in [2.24, 2.45) is 12.0 Å². The molecule has 8 rings (SSSR count). The van der Waals surface area contributed by atoms with Crippen LogP contribution in [-0.4, -0.2) is 128 Å². The first-order valence-corrected chi connectivity index (χ1v) is 23.6. The van der Waals surface area contributed by atoms with E-state index in [0.29, 0.717) is 23.3 Å². The van der Waals surface area contributed by atoms with Gasteiger partial charge in [-0.15, -0.1) is 5.10 Å². The van der Waals surface area contributed by atoms with E-state index in [9.17, 15) is 10.1 Å². The number of rotatable bonds is 20. The molecule has 5 heterocycles. The van der Waals surface area contributed by atoms with Gasteiger partial charge >= 0.3 is 0 Å². The Labute approximate surface area is 397 Å². The molecular formula is C48H59N12O7P. The van der Waals surface area contributed by atoms with Gasteiger partial charge in [-0.3, -0.25) is 19.0 Å². The van der Waals surface area contributed by atoms with Crippen molar-refractivity contribution in [3.63, 3.8) is 0 Å². The van der Waals surface area contributed by atoms with E-state index in [2.05, 4.69) is 58.3 Å². The molecule has 0 spiro atoms. The van der Waals surface area contributed by atoms with E-state index in [-0.39, 0.29) is 55.4 Å². The van der Waals surface area contributed by atoms with Gasteiger partial charge in [-0.05, 0) is 75.6 Å². The van der Waals surface area contributed by atoms with Crippen molar-refractivity contribution in [3.8, 4) is 17.6 Å². The molecule has 0 amide bonds. The number of ether oxygens (including phenoxy) is 4. The first-order valence-electron chi connectivity index (χ1n) is 22.5. The fraction of sp³-hybridized carbons (Fsp3) is 0.438. The predicted molar refractivity (Wildman–Crippen MR) is 258 cm³/mol. The summed E-state index contributed by atoms with van der Waals surface area (Å²) in [5.41, 5.74) is -0.127. The molecule has 0 aliphatic carbocycles. The zero-order chi connectivity index (χ0) is 48.3. The number of imidazole rings is 1. The second-order valence-electron chi connectivity index (χ2n) is 17.6. The number of aromatic amines is 1. The molecule has 3 aromatic carbocycles. The molecule has 68 heavy (non-hydrogen) atoms. The monoisotopic (exact) mass is 946 g/mol. The lowest BCUT2D eigenvalue weighted by atomic mass is 9.79. The maximum absolute atomic E-state index is 13.6. The number of fused-ring (bicyclic) bond motifs is 3. The highest BCUT2D eigenvalue weighted by atomic mass is 31.2. The zero-order valence-corrected chi connectivity index (χ0v) is 41.0. The standard InChI is InChI=1S/C48H59N12O7P/c1-31(2)60(32(3)4)68(65-26-14-25-49)67-41-40-44(59-30-50-39-42(59)53-45(54-43(39)61)51-29-56(6)7)66-47(41,27-58(40)46-52-33(5)57(8)55-46)28-64-48(34-15-12-11-13-16-34,35-17-21-37(62-9)22-18-35)36-19-23-38(63-10)24-20-36/h11-13,15-24,29-32,40-41,44H,14,26-28H2,1-10H3,(H,53,54,61)/t40-,41+,44-,47-,68?/m1/s1. The SMILES string of the molecule is COc1ccc(C(OC[C@@]23CN(c4nc(C)n(C)n4)[C@@H]([C@H](n4cnc5c(=O)[nH]c(N=CN(C)C)nc54)O2)[C@@H]3OP(OCCC#N)N(C(C)C)C(C)C)(c2ccccc2)c2ccc(OC)cc2)cc1. The van der Waals surface area contributed by atoms with Gasteiger partial charge in [0.15, 0.2) is 17.4 Å². The minimum absolute atomic E-state index is 0.00656. The third kappa shape index (κ3) is 9.19. The first kappa shape index (κ1) is 48.2. The highest BCUT2D eigenvalue weighted by molar-refractivity contribution is 7.44. The number of aryl methyl sites for hydroxylation is 2. The maximum Gasteiger partial charge on any atom is 0.280 e. The first-order chi connectivity index (χ1) is 32.7. The van der Waals surface area contributed by atoms with E-state index in [0.717, 1.165) is 16.7 Å². The second-order valence-corrected chi connectivity index (χ2v) is 19.0. The van der Waals surface area contributed by atoms with E-state index in [1.165, 1.54) is 0 Å². The fourth-order valence-electron chi connectivity index (χ4n) is 9.02. The summed E-state index contributed by atoms with van der Waals surface area (Å²) in [5.74, 6) is 2.61. The topological polar surface area (TPSA) is 196 Å². The van der Waals surface area contributed by atoms with Crippen LogP contribution < -0.4 is 19.9 Å². The van der Waals surface area contributed by atoms with Crippen LogP contribution in [0.15, 0.2) is 95.0 Å². The van der Waals surface area contributed by atoms with Gasteiger partial charge in [-0.25, -0.2) is 14.6 Å². The van der Waals surface area contributed by atoms with Gasteiger partial charge in [0.05, 0.1) is 59.1 Å². The number of anilines is 1. The number of H-pyrrole nitrogens is 1. The van der Waals surface area contributed by atoms with E-state index in [1.54, 1.807) is 41.0 Å². The minimum Gasteiger partial charge on any atom is -0.497 e. The third-order valence-corrected chi connectivity index (χ3v) is 14.3. The molecule has 2 aliphatic rings. The molecule has 2 saturated heterocycles. The lowest BCUT2D eigenvalue weighted by molar-refractivity contribution is -0.155. The largest absolute Gasteiger partial charge is 0.497 e. The molecule has 1 N–H and O–H groups in total. The normalized spacial score (nSPS) is 19.8. The Kier molecular flexibility index (Phi) is 14.3. The lowest BCUT2D eigenvalue weighted by Crippen LogP contribution is -2.51. The van der Waals surface area contributed by atoms with E-state index < -0.39 is 43.7 Å². The van der Waals surface area contributed by atoms with Gasteiger partial charge in [-0.1, -0.05) is 54.6 Å². The Bertz CT molecular complexity index is 2720. The average molecular weight is 947 g/mol. The number of benzene rings is 3. The summed E-state index contributed by atoms with van der Waals surface area (Å²) in [4.78, 5) is 39.0. The minimum atomic E-state index is -1.85. The Hall–Kier alpha value is -6.26. The molecule has 0 saturated carbocycles. The third-order valence-electron chi connectivity index (χ3n) is 12.2. The van der Waals surface area contributed by atoms with Crippen molar-refractivity contribution >= 4 is 37.9 Å². The highest BCUT2D eigenvalue weighted by Crippen LogP contribution is 2.57. The number of nitriles is 1. The number of morpholine rings is 1. The van der Waals surface area contributed by atoms with Gasteiger partial charge in [0.2, 0.25) is 11.9 Å². The van der Waals surface area contributed by atoms with Crippen LogP contribution in [0.4, 0.5) is 11.9 Å². The van der Waals surface area contributed by atoms with Crippen LogP contribution in [0, 0.1) is 18.3 Å². The molecular weight excluding hydrogens is 888 g/mol. The number of hydrogen-bond acceptors (Lipinski definition) is 15. The Morgan fingerprint density at radius 3 is 2.18 bits per heavy atom. The predicted octanol–water partition coefficient (Wildman–Crippen LogP) is 6.62. The fourth-order valence-corrected chi connectivity index (χ4v) is 10.8. The van der Waals surface area contributed by atoms with Crippen LogP contribution in [-0.2, 0) is 31.2 Å². The number of aliphatic imine (C=N–C) groups is 1. The molecule has 2 fully saturated rings. The van der Waals surface area contributed by atoms with Crippen molar-refractivity contribution in [3.05, 3.63) is 118 Å². The van der Waals surface area contributed by atoms with Gasteiger partial charge < -0.3 is 37.8 Å². The molecule has 19 nitrogen and oxygen atoms in total. The van der Waals surface area contributed by atoms with E-state index in [4.69, 9.17) is 43.1 Å². The quantitative estimate of drug-likeness (QED) is 0.0282. The molecule has 20 heteroatoms. The number of hydrogen-bond donors (Lipinski definition) is 1. The summed E-state index contributed by atoms with van der Waals surface area (Å²) in [6, 6.07) is 27.3.